The molecule has 0 spiro atoms. The third kappa shape index (κ3) is 4.62. The average Bonchev–Trinajstić information content (AvgIpc) is 2.24. The third-order valence-corrected chi connectivity index (χ3v) is 4.84. The molecule has 0 bridgehead atoms. The molecule has 1 N–H and O–H groups in total. The molecule has 0 aromatic heterocycles. The Balaban J connectivity index is 2.43. The first-order valence-corrected chi connectivity index (χ1v) is 7.55. The molecule has 1 nitrogen and oxygen atoms in total. The van der Waals surface area contributed by atoms with Gasteiger partial charge >= 0.3 is 0 Å². The van der Waals surface area contributed by atoms with Crippen molar-refractivity contribution >= 4 is 0 Å². The molecule has 0 aliphatic heterocycles. The van der Waals surface area contributed by atoms with Crippen molar-refractivity contribution in [2.75, 3.05) is 6.54 Å². The first-order chi connectivity index (χ1) is 7.82. The lowest BCUT2D eigenvalue weighted by atomic mass is 9.77. The van der Waals surface area contributed by atoms with Crippen LogP contribution in [0.3, 0.4) is 0 Å². The van der Waals surface area contributed by atoms with Crippen LogP contribution in [0.5, 0.6) is 0 Å². The molecule has 3 atom stereocenters. The molecule has 0 saturated heterocycles. The Morgan fingerprint density at radius 1 is 1.06 bits per heavy atom. The summed E-state index contributed by atoms with van der Waals surface area (Å²) < 4.78 is 0. The summed E-state index contributed by atoms with van der Waals surface area (Å²) >= 11 is 0. The fourth-order valence-electron chi connectivity index (χ4n) is 2.85. The first-order valence-electron chi connectivity index (χ1n) is 7.55. The maximum Gasteiger partial charge on any atom is 0.00978 e. The van der Waals surface area contributed by atoms with E-state index in [9.17, 15) is 0 Å². The highest BCUT2D eigenvalue weighted by molar-refractivity contribution is 4.84. The lowest BCUT2D eigenvalue weighted by Crippen LogP contribution is -2.44. The molecular weight excluding hydrogens is 206 g/mol. The van der Waals surface area contributed by atoms with Crippen LogP contribution in [0.4, 0.5) is 0 Å². The summed E-state index contributed by atoms with van der Waals surface area (Å²) in [5.74, 6) is 2.48. The van der Waals surface area contributed by atoms with Crippen molar-refractivity contribution in [1.29, 1.82) is 0 Å². The monoisotopic (exact) mass is 239 g/mol. The van der Waals surface area contributed by atoms with Gasteiger partial charge in [0.05, 0.1) is 0 Å². The molecule has 0 amide bonds. The molecule has 102 valence electrons. The summed E-state index contributed by atoms with van der Waals surface area (Å²) in [5, 5.41) is 3.86. The largest absolute Gasteiger partial charge is 0.313 e. The van der Waals surface area contributed by atoms with Crippen LogP contribution in [0, 0.1) is 23.2 Å². The summed E-state index contributed by atoms with van der Waals surface area (Å²) in [6, 6.07) is 0.772. The van der Waals surface area contributed by atoms with Crippen LogP contribution in [0.25, 0.3) is 0 Å². The molecule has 0 heterocycles. The zero-order chi connectivity index (χ0) is 13.1. The lowest BCUT2D eigenvalue weighted by molar-refractivity contribution is 0.179. The number of rotatable bonds is 4. The van der Waals surface area contributed by atoms with E-state index in [-0.39, 0.29) is 0 Å². The van der Waals surface area contributed by atoms with Gasteiger partial charge in [-0.2, -0.15) is 0 Å². The molecule has 0 aromatic rings. The minimum Gasteiger partial charge on any atom is -0.313 e. The zero-order valence-electron chi connectivity index (χ0n) is 12.8. The van der Waals surface area contributed by atoms with E-state index in [0.29, 0.717) is 5.41 Å². The smallest absolute Gasteiger partial charge is 0.00978 e. The fourth-order valence-corrected chi connectivity index (χ4v) is 2.85. The normalized spacial score (nSPS) is 28.4. The zero-order valence-corrected chi connectivity index (χ0v) is 12.8. The molecule has 0 radical (unpaired) electrons. The highest BCUT2D eigenvalue weighted by Gasteiger charge is 2.28. The van der Waals surface area contributed by atoms with Gasteiger partial charge in [-0.1, -0.05) is 54.4 Å². The van der Waals surface area contributed by atoms with E-state index in [4.69, 9.17) is 0 Å². The van der Waals surface area contributed by atoms with E-state index in [2.05, 4.69) is 46.9 Å². The van der Waals surface area contributed by atoms with Gasteiger partial charge in [0.15, 0.2) is 0 Å². The van der Waals surface area contributed by atoms with Gasteiger partial charge in [0, 0.05) is 6.04 Å². The highest BCUT2D eigenvalue weighted by atomic mass is 14.9. The minimum absolute atomic E-state index is 0.426. The van der Waals surface area contributed by atoms with Crippen LogP contribution in [0.15, 0.2) is 0 Å². The summed E-state index contributed by atoms with van der Waals surface area (Å²) in [6.07, 6.45) is 5.68. The molecule has 0 aromatic carbocycles. The molecular formula is C16H33N. The third-order valence-electron chi connectivity index (χ3n) is 4.84. The van der Waals surface area contributed by atoms with Gasteiger partial charge in [0.2, 0.25) is 0 Å². The summed E-state index contributed by atoms with van der Waals surface area (Å²) in [6.45, 7) is 15.4. The van der Waals surface area contributed by atoms with Gasteiger partial charge in [0.25, 0.3) is 0 Å². The lowest BCUT2D eigenvalue weighted by Gasteiger charge is -2.37. The van der Waals surface area contributed by atoms with Crippen LogP contribution in [0.1, 0.15) is 67.2 Å². The van der Waals surface area contributed by atoms with Crippen LogP contribution in [0.2, 0.25) is 0 Å². The fraction of sp³-hybridized carbons (Fsp3) is 1.00. The second-order valence-electron chi connectivity index (χ2n) is 7.47. The summed E-state index contributed by atoms with van der Waals surface area (Å²) in [5.41, 5.74) is 0.426. The standard InChI is InChI=1S/C16H33N/c1-12(2)14-9-7-8-10-15(14)17-11-13(3)16(4,5)6/h12-15,17H,7-11H2,1-6H3. The van der Waals surface area contributed by atoms with E-state index in [1.807, 2.05) is 0 Å². The van der Waals surface area contributed by atoms with Gasteiger partial charge < -0.3 is 5.32 Å². The van der Waals surface area contributed by atoms with Crippen molar-refractivity contribution in [2.45, 2.75) is 73.3 Å². The van der Waals surface area contributed by atoms with Crippen LogP contribution < -0.4 is 5.32 Å². The van der Waals surface area contributed by atoms with E-state index < -0.39 is 0 Å². The van der Waals surface area contributed by atoms with Crippen LogP contribution >= 0.6 is 0 Å². The molecule has 17 heavy (non-hydrogen) atoms. The Morgan fingerprint density at radius 2 is 1.65 bits per heavy atom. The highest BCUT2D eigenvalue weighted by Crippen LogP contribution is 2.31. The van der Waals surface area contributed by atoms with E-state index in [1.54, 1.807) is 0 Å². The Bertz CT molecular complexity index is 214. The molecule has 3 unspecified atom stereocenters. The molecule has 1 saturated carbocycles. The Hall–Kier alpha value is -0.0400. The molecule has 1 aliphatic rings. The minimum atomic E-state index is 0.426. The average molecular weight is 239 g/mol. The van der Waals surface area contributed by atoms with Crippen molar-refractivity contribution in [2.24, 2.45) is 23.2 Å². The molecule has 1 fully saturated rings. The van der Waals surface area contributed by atoms with Crippen molar-refractivity contribution in [1.82, 2.24) is 5.32 Å². The van der Waals surface area contributed by atoms with E-state index in [0.717, 1.165) is 23.8 Å². The van der Waals surface area contributed by atoms with Gasteiger partial charge in [-0.05, 0) is 42.6 Å². The van der Waals surface area contributed by atoms with E-state index >= 15 is 0 Å². The predicted molar refractivity (Wildman–Crippen MR) is 77.2 cm³/mol. The maximum atomic E-state index is 3.86. The first kappa shape index (κ1) is 15.0. The second-order valence-corrected chi connectivity index (χ2v) is 7.47. The van der Waals surface area contributed by atoms with E-state index in [1.165, 1.54) is 32.2 Å². The number of nitrogens with one attached hydrogen (secondary N) is 1. The SMILES string of the molecule is CC(C)C1CCCCC1NCC(C)C(C)(C)C. The predicted octanol–water partition coefficient (Wildman–Crippen LogP) is 4.47. The Labute approximate surface area is 109 Å². The summed E-state index contributed by atoms with van der Waals surface area (Å²) in [4.78, 5) is 0. The van der Waals surface area contributed by atoms with Crippen molar-refractivity contribution < 1.29 is 0 Å². The van der Waals surface area contributed by atoms with Crippen LogP contribution in [-0.4, -0.2) is 12.6 Å². The van der Waals surface area contributed by atoms with Gasteiger partial charge in [0.1, 0.15) is 0 Å². The van der Waals surface area contributed by atoms with Gasteiger partial charge in [-0.3, -0.25) is 0 Å². The van der Waals surface area contributed by atoms with Crippen molar-refractivity contribution in [3.05, 3.63) is 0 Å². The summed E-state index contributed by atoms with van der Waals surface area (Å²) in [7, 11) is 0. The van der Waals surface area contributed by atoms with Crippen LogP contribution in [-0.2, 0) is 0 Å². The van der Waals surface area contributed by atoms with Crippen molar-refractivity contribution in [3.63, 3.8) is 0 Å². The quantitative estimate of drug-likeness (QED) is 0.763. The maximum absolute atomic E-state index is 3.86. The second kappa shape index (κ2) is 6.22. The van der Waals surface area contributed by atoms with Gasteiger partial charge in [-0.25, -0.2) is 0 Å². The Kier molecular flexibility index (Phi) is 5.50. The molecule has 1 heteroatoms. The number of hydrogen-bond acceptors (Lipinski definition) is 1. The van der Waals surface area contributed by atoms with Gasteiger partial charge in [-0.15, -0.1) is 0 Å². The molecule has 1 rings (SSSR count). The topological polar surface area (TPSA) is 12.0 Å². The van der Waals surface area contributed by atoms with Crippen molar-refractivity contribution in [3.8, 4) is 0 Å². The number of hydrogen-bond donors (Lipinski definition) is 1. The Morgan fingerprint density at radius 3 is 2.18 bits per heavy atom. The molecule has 1 aliphatic carbocycles.